The van der Waals surface area contributed by atoms with Crippen molar-refractivity contribution in [1.29, 1.82) is 0 Å². The third-order valence-electron chi connectivity index (χ3n) is 4.34. The van der Waals surface area contributed by atoms with E-state index in [0.29, 0.717) is 22.5 Å². The minimum absolute atomic E-state index is 0.0486. The van der Waals surface area contributed by atoms with Gasteiger partial charge in [-0.15, -0.1) is 0 Å². The zero-order valence-corrected chi connectivity index (χ0v) is 14.0. The number of likely N-dealkylation sites (tertiary alicyclic amines) is 1. The smallest absolute Gasteiger partial charge is 0.129 e. The zero-order valence-electron chi connectivity index (χ0n) is 13.2. The van der Waals surface area contributed by atoms with Crippen LogP contribution in [0.5, 0.6) is 0 Å². The molecule has 0 bridgehead atoms. The Morgan fingerprint density at radius 3 is 2.81 bits per heavy atom. The van der Waals surface area contributed by atoms with Crippen LogP contribution in [-0.4, -0.2) is 31.1 Å². The summed E-state index contributed by atoms with van der Waals surface area (Å²) in [5.74, 6) is 0.199. The molecule has 1 aromatic carbocycles. The lowest BCUT2D eigenvalue weighted by Gasteiger charge is -2.34. The van der Waals surface area contributed by atoms with Gasteiger partial charge in [-0.25, -0.2) is 4.39 Å². The van der Waals surface area contributed by atoms with Gasteiger partial charge in [-0.3, -0.25) is 4.90 Å². The summed E-state index contributed by atoms with van der Waals surface area (Å²) in [5, 5.41) is 4.05. The molecule has 0 aromatic heterocycles. The number of halogens is 2. The molecule has 2 rings (SSSR count). The van der Waals surface area contributed by atoms with Crippen LogP contribution in [0.1, 0.15) is 44.7 Å². The fraction of sp³-hybridized carbons (Fsp3) is 0.647. The molecule has 2 unspecified atom stereocenters. The van der Waals surface area contributed by atoms with E-state index in [4.69, 9.17) is 11.6 Å². The Kier molecular flexibility index (Phi) is 6.03. The molecule has 1 aromatic rings. The number of nitrogens with zero attached hydrogens (tertiary/aromatic N) is 1. The Balaban J connectivity index is 2.32. The number of hydrogen-bond donors (Lipinski definition) is 1. The third-order valence-corrected chi connectivity index (χ3v) is 4.67. The van der Waals surface area contributed by atoms with Gasteiger partial charge in [-0.2, -0.15) is 0 Å². The molecule has 4 heteroatoms. The van der Waals surface area contributed by atoms with E-state index >= 15 is 0 Å². The van der Waals surface area contributed by atoms with Gasteiger partial charge in [-0.1, -0.05) is 37.9 Å². The zero-order chi connectivity index (χ0) is 15.4. The number of hydrogen-bond acceptors (Lipinski definition) is 2. The third kappa shape index (κ3) is 4.18. The van der Waals surface area contributed by atoms with Gasteiger partial charge in [-0.05, 0) is 44.5 Å². The maximum Gasteiger partial charge on any atom is 0.129 e. The minimum Gasteiger partial charge on any atom is -0.314 e. The van der Waals surface area contributed by atoms with Crippen molar-refractivity contribution in [2.24, 2.45) is 5.92 Å². The molecule has 0 radical (unpaired) electrons. The van der Waals surface area contributed by atoms with E-state index in [0.717, 1.165) is 25.9 Å². The second-order valence-electron chi connectivity index (χ2n) is 6.38. The van der Waals surface area contributed by atoms with Gasteiger partial charge in [0.2, 0.25) is 0 Å². The van der Waals surface area contributed by atoms with Crippen LogP contribution in [0.25, 0.3) is 0 Å². The van der Waals surface area contributed by atoms with Crippen molar-refractivity contribution in [3.63, 3.8) is 0 Å². The Morgan fingerprint density at radius 2 is 2.14 bits per heavy atom. The fourth-order valence-electron chi connectivity index (χ4n) is 3.27. The van der Waals surface area contributed by atoms with Crippen LogP contribution < -0.4 is 5.32 Å². The first-order valence-electron chi connectivity index (χ1n) is 7.88. The van der Waals surface area contributed by atoms with Crippen LogP contribution in [0.15, 0.2) is 18.2 Å². The average Bonchev–Trinajstić information content (AvgIpc) is 2.59. The number of rotatable bonds is 4. The molecule has 1 aliphatic rings. The molecular formula is C17H26ClFN2. The van der Waals surface area contributed by atoms with E-state index in [1.165, 1.54) is 12.5 Å². The standard InChI is InChI=1S/C17H26ClFN2/c1-12(2)20-11-13-7-4-5-10-21(3)17(13)16-14(18)8-6-9-15(16)19/h6,8-9,12-13,17,20H,4-5,7,10-11H2,1-3H3. The summed E-state index contributed by atoms with van der Waals surface area (Å²) in [7, 11) is 2.08. The van der Waals surface area contributed by atoms with E-state index in [2.05, 4.69) is 31.1 Å². The number of benzene rings is 1. The molecule has 1 fully saturated rings. The van der Waals surface area contributed by atoms with Crippen molar-refractivity contribution in [2.75, 3.05) is 20.1 Å². The van der Waals surface area contributed by atoms with E-state index in [1.54, 1.807) is 12.1 Å². The predicted molar refractivity (Wildman–Crippen MR) is 87.3 cm³/mol. The van der Waals surface area contributed by atoms with E-state index in [9.17, 15) is 4.39 Å². The lowest BCUT2D eigenvalue weighted by Crippen LogP contribution is -2.37. The first-order valence-corrected chi connectivity index (χ1v) is 8.26. The quantitative estimate of drug-likeness (QED) is 0.894. The lowest BCUT2D eigenvalue weighted by molar-refractivity contribution is 0.183. The molecule has 118 valence electrons. The highest BCUT2D eigenvalue weighted by Gasteiger charge is 2.32. The molecule has 0 aliphatic carbocycles. The Hall–Kier alpha value is -0.640. The monoisotopic (exact) mass is 312 g/mol. The average molecular weight is 313 g/mol. The molecule has 1 saturated heterocycles. The fourth-order valence-corrected chi connectivity index (χ4v) is 3.55. The van der Waals surface area contributed by atoms with Gasteiger partial charge in [0.05, 0.1) is 0 Å². The normalized spacial score (nSPS) is 24.3. The molecule has 0 amide bonds. The molecule has 0 spiro atoms. The van der Waals surface area contributed by atoms with Crippen molar-refractivity contribution in [2.45, 2.75) is 45.2 Å². The van der Waals surface area contributed by atoms with Crippen molar-refractivity contribution in [1.82, 2.24) is 10.2 Å². The highest BCUT2D eigenvalue weighted by molar-refractivity contribution is 6.31. The highest BCUT2D eigenvalue weighted by atomic mass is 35.5. The van der Waals surface area contributed by atoms with Crippen LogP contribution in [0.2, 0.25) is 5.02 Å². The molecule has 2 atom stereocenters. The predicted octanol–water partition coefficient (Wildman–Crippen LogP) is 4.25. The number of nitrogens with one attached hydrogen (secondary N) is 1. The van der Waals surface area contributed by atoms with Crippen LogP contribution in [0, 0.1) is 11.7 Å². The van der Waals surface area contributed by atoms with Gasteiger partial charge in [0.25, 0.3) is 0 Å². The largest absolute Gasteiger partial charge is 0.314 e. The van der Waals surface area contributed by atoms with Crippen molar-refractivity contribution < 1.29 is 4.39 Å². The Bertz CT molecular complexity index is 444. The summed E-state index contributed by atoms with van der Waals surface area (Å²) in [4.78, 5) is 2.27. The molecule has 1 N–H and O–H groups in total. The van der Waals surface area contributed by atoms with Gasteiger partial charge in [0.15, 0.2) is 0 Å². The van der Waals surface area contributed by atoms with Crippen molar-refractivity contribution in [3.8, 4) is 0 Å². The Morgan fingerprint density at radius 1 is 1.38 bits per heavy atom. The maximum absolute atomic E-state index is 14.4. The highest BCUT2D eigenvalue weighted by Crippen LogP contribution is 2.38. The minimum atomic E-state index is -0.184. The van der Waals surface area contributed by atoms with Crippen molar-refractivity contribution >= 4 is 11.6 Å². The Labute approximate surface area is 132 Å². The van der Waals surface area contributed by atoms with Crippen LogP contribution >= 0.6 is 11.6 Å². The van der Waals surface area contributed by atoms with Gasteiger partial charge >= 0.3 is 0 Å². The molecule has 0 saturated carbocycles. The van der Waals surface area contributed by atoms with Gasteiger partial charge in [0, 0.05) is 29.2 Å². The van der Waals surface area contributed by atoms with Crippen LogP contribution in [-0.2, 0) is 0 Å². The summed E-state index contributed by atoms with van der Waals surface area (Å²) in [6.07, 6.45) is 3.47. The summed E-state index contributed by atoms with van der Waals surface area (Å²) < 4.78 is 14.4. The first-order chi connectivity index (χ1) is 10.0. The maximum atomic E-state index is 14.4. The van der Waals surface area contributed by atoms with Gasteiger partial charge < -0.3 is 5.32 Å². The summed E-state index contributed by atoms with van der Waals surface area (Å²) in [6.45, 7) is 6.18. The van der Waals surface area contributed by atoms with E-state index in [-0.39, 0.29) is 11.9 Å². The SMILES string of the molecule is CC(C)NCC1CCCCN(C)C1c1c(F)cccc1Cl. The topological polar surface area (TPSA) is 15.3 Å². The van der Waals surface area contributed by atoms with Gasteiger partial charge in [0.1, 0.15) is 5.82 Å². The summed E-state index contributed by atoms with van der Waals surface area (Å²) >= 11 is 6.32. The second kappa shape index (κ2) is 7.57. The van der Waals surface area contributed by atoms with Crippen LogP contribution in [0.4, 0.5) is 4.39 Å². The molecular weight excluding hydrogens is 287 g/mol. The van der Waals surface area contributed by atoms with Crippen molar-refractivity contribution in [3.05, 3.63) is 34.6 Å². The molecule has 21 heavy (non-hydrogen) atoms. The molecule has 2 nitrogen and oxygen atoms in total. The summed E-state index contributed by atoms with van der Waals surface area (Å²) in [5.41, 5.74) is 0.666. The van der Waals surface area contributed by atoms with Crippen LogP contribution in [0.3, 0.4) is 0 Å². The lowest BCUT2D eigenvalue weighted by atomic mass is 9.88. The van der Waals surface area contributed by atoms with E-state index in [1.807, 2.05) is 0 Å². The molecule has 1 heterocycles. The second-order valence-corrected chi connectivity index (χ2v) is 6.79. The first kappa shape index (κ1) is 16.7. The molecule has 1 aliphatic heterocycles. The van der Waals surface area contributed by atoms with E-state index < -0.39 is 0 Å². The summed E-state index contributed by atoms with van der Waals surface area (Å²) in [6, 6.07) is 5.49.